The van der Waals surface area contributed by atoms with E-state index in [4.69, 9.17) is 4.74 Å². The highest BCUT2D eigenvalue weighted by Crippen LogP contribution is 2.26. The second kappa shape index (κ2) is 8.62. The molecule has 0 unspecified atom stereocenters. The molecule has 0 fully saturated rings. The van der Waals surface area contributed by atoms with E-state index >= 15 is 0 Å². The van der Waals surface area contributed by atoms with E-state index in [1.807, 2.05) is 55.5 Å². The van der Waals surface area contributed by atoms with E-state index < -0.39 is 12.1 Å². The number of rotatable bonds is 7. The molecule has 0 aromatic heterocycles. The number of carbonyl (C=O) groups is 1. The molecule has 0 aliphatic rings. The molecule has 0 radical (unpaired) electrons. The number of methoxy groups -OCH3 is 1. The number of hydrogen-bond acceptors (Lipinski definition) is 4. The largest absolute Gasteiger partial charge is 0.467 e. The number of ether oxygens (including phenoxy) is 1. The monoisotopic (exact) mass is 327 g/mol. The van der Waals surface area contributed by atoms with Gasteiger partial charge in [0.25, 0.3) is 0 Å². The van der Waals surface area contributed by atoms with Crippen LogP contribution in [0.1, 0.15) is 31.0 Å². The van der Waals surface area contributed by atoms with Gasteiger partial charge in [-0.3, -0.25) is 4.90 Å². The van der Waals surface area contributed by atoms with Gasteiger partial charge in [0.15, 0.2) is 6.10 Å². The smallest absolute Gasteiger partial charge is 0.336 e. The van der Waals surface area contributed by atoms with Crippen molar-refractivity contribution in [2.45, 2.75) is 38.6 Å². The lowest BCUT2D eigenvalue weighted by Crippen LogP contribution is -2.46. The molecular formula is C20H25NO3. The number of esters is 1. The molecule has 128 valence electrons. The number of benzene rings is 2. The zero-order valence-corrected chi connectivity index (χ0v) is 14.4. The van der Waals surface area contributed by atoms with Crippen LogP contribution in [0.5, 0.6) is 0 Å². The third-order valence-corrected chi connectivity index (χ3v) is 4.41. The quantitative estimate of drug-likeness (QED) is 0.794. The van der Waals surface area contributed by atoms with E-state index in [0.717, 1.165) is 11.1 Å². The zero-order chi connectivity index (χ0) is 17.5. The number of aliphatic hydroxyl groups excluding tert-OH is 1. The lowest BCUT2D eigenvalue weighted by atomic mass is 10.0. The molecule has 2 aromatic rings. The van der Waals surface area contributed by atoms with Crippen LogP contribution in [0.4, 0.5) is 0 Å². The Kier molecular flexibility index (Phi) is 6.53. The van der Waals surface area contributed by atoms with Gasteiger partial charge in [0.05, 0.1) is 7.11 Å². The van der Waals surface area contributed by atoms with Crippen LogP contribution in [0, 0.1) is 0 Å². The molecule has 4 nitrogen and oxygen atoms in total. The van der Waals surface area contributed by atoms with Crippen molar-refractivity contribution < 1.29 is 14.6 Å². The number of aliphatic hydroxyl groups is 1. The molecule has 0 saturated carbocycles. The van der Waals surface area contributed by atoms with Gasteiger partial charge in [-0.2, -0.15) is 0 Å². The highest BCUT2D eigenvalue weighted by Gasteiger charge is 2.31. The van der Waals surface area contributed by atoms with E-state index in [2.05, 4.69) is 24.0 Å². The Morgan fingerprint density at radius 2 is 1.58 bits per heavy atom. The molecule has 0 heterocycles. The van der Waals surface area contributed by atoms with Crippen molar-refractivity contribution in [1.82, 2.24) is 4.90 Å². The van der Waals surface area contributed by atoms with Crippen LogP contribution in [0.25, 0.3) is 0 Å². The van der Waals surface area contributed by atoms with E-state index in [-0.39, 0.29) is 12.1 Å². The Labute approximate surface area is 143 Å². The fourth-order valence-corrected chi connectivity index (χ4v) is 2.85. The van der Waals surface area contributed by atoms with Crippen molar-refractivity contribution in [3.63, 3.8) is 0 Å². The van der Waals surface area contributed by atoms with E-state index in [1.54, 1.807) is 0 Å². The van der Waals surface area contributed by atoms with Gasteiger partial charge in [0, 0.05) is 18.6 Å². The Balaban J connectivity index is 2.28. The van der Waals surface area contributed by atoms with Crippen molar-refractivity contribution in [3.05, 3.63) is 71.8 Å². The summed E-state index contributed by atoms with van der Waals surface area (Å²) in [6, 6.07) is 19.8. The molecule has 2 aromatic carbocycles. The van der Waals surface area contributed by atoms with Crippen LogP contribution in [0.2, 0.25) is 0 Å². The predicted molar refractivity (Wildman–Crippen MR) is 94.3 cm³/mol. The van der Waals surface area contributed by atoms with Gasteiger partial charge in [-0.15, -0.1) is 0 Å². The van der Waals surface area contributed by atoms with Gasteiger partial charge in [0.2, 0.25) is 0 Å². The highest BCUT2D eigenvalue weighted by atomic mass is 16.5. The first-order chi connectivity index (χ1) is 11.5. The fourth-order valence-electron chi connectivity index (χ4n) is 2.85. The molecule has 2 rings (SSSR count). The Morgan fingerprint density at radius 1 is 1.04 bits per heavy atom. The minimum Gasteiger partial charge on any atom is -0.467 e. The van der Waals surface area contributed by atoms with Crippen molar-refractivity contribution in [2.75, 3.05) is 7.11 Å². The van der Waals surface area contributed by atoms with Gasteiger partial charge in [-0.1, -0.05) is 60.7 Å². The van der Waals surface area contributed by atoms with Crippen LogP contribution in [0.3, 0.4) is 0 Å². The van der Waals surface area contributed by atoms with Crippen LogP contribution in [-0.4, -0.2) is 35.2 Å². The summed E-state index contributed by atoms with van der Waals surface area (Å²) in [7, 11) is 1.29. The Bertz CT molecular complexity index is 630. The van der Waals surface area contributed by atoms with Gasteiger partial charge >= 0.3 is 5.97 Å². The van der Waals surface area contributed by atoms with E-state index in [1.165, 1.54) is 7.11 Å². The van der Waals surface area contributed by atoms with Crippen molar-refractivity contribution in [1.29, 1.82) is 0 Å². The number of hydrogen-bond donors (Lipinski definition) is 1. The molecule has 3 atom stereocenters. The zero-order valence-electron chi connectivity index (χ0n) is 14.4. The maximum atomic E-state index is 11.8. The molecule has 1 N–H and O–H groups in total. The lowest BCUT2D eigenvalue weighted by molar-refractivity contribution is -0.154. The second-order valence-corrected chi connectivity index (χ2v) is 5.95. The minimum atomic E-state index is -1.19. The highest BCUT2D eigenvalue weighted by molar-refractivity contribution is 5.75. The first-order valence-electron chi connectivity index (χ1n) is 8.15. The van der Waals surface area contributed by atoms with Gasteiger partial charge in [0.1, 0.15) is 0 Å². The summed E-state index contributed by atoms with van der Waals surface area (Å²) in [4.78, 5) is 13.9. The van der Waals surface area contributed by atoms with Crippen LogP contribution in [0.15, 0.2) is 60.7 Å². The van der Waals surface area contributed by atoms with Crippen molar-refractivity contribution in [3.8, 4) is 0 Å². The Morgan fingerprint density at radius 3 is 2.12 bits per heavy atom. The fraction of sp³-hybridized carbons (Fsp3) is 0.350. The molecule has 0 amide bonds. The third kappa shape index (κ3) is 4.43. The summed E-state index contributed by atoms with van der Waals surface area (Å²) in [5.41, 5.74) is 2.27. The minimum absolute atomic E-state index is 0.0423. The van der Waals surface area contributed by atoms with Gasteiger partial charge in [-0.25, -0.2) is 4.79 Å². The maximum Gasteiger partial charge on any atom is 0.336 e. The van der Waals surface area contributed by atoms with Crippen LogP contribution in [-0.2, 0) is 16.1 Å². The summed E-state index contributed by atoms with van der Waals surface area (Å²) in [5, 5.41) is 10.3. The number of nitrogens with zero attached hydrogens (tertiary/aromatic N) is 1. The molecular weight excluding hydrogens is 302 g/mol. The van der Waals surface area contributed by atoms with Crippen molar-refractivity contribution in [2.24, 2.45) is 0 Å². The van der Waals surface area contributed by atoms with Gasteiger partial charge < -0.3 is 9.84 Å². The average molecular weight is 327 g/mol. The molecule has 24 heavy (non-hydrogen) atoms. The summed E-state index contributed by atoms with van der Waals surface area (Å²) < 4.78 is 4.70. The second-order valence-electron chi connectivity index (χ2n) is 5.95. The van der Waals surface area contributed by atoms with Gasteiger partial charge in [-0.05, 0) is 25.0 Å². The molecule has 0 saturated heterocycles. The van der Waals surface area contributed by atoms with E-state index in [0.29, 0.717) is 6.54 Å². The van der Waals surface area contributed by atoms with Crippen molar-refractivity contribution >= 4 is 5.97 Å². The maximum absolute atomic E-state index is 11.8. The average Bonchev–Trinajstić information content (AvgIpc) is 2.65. The normalized spacial score (nSPS) is 14.9. The summed E-state index contributed by atoms with van der Waals surface area (Å²) >= 11 is 0. The SMILES string of the molecule is COC(=O)[C@H](O)[C@@H](C)N(Cc1ccccc1)[C@H](C)c1ccccc1. The first kappa shape index (κ1) is 18.2. The first-order valence-corrected chi connectivity index (χ1v) is 8.15. The molecule has 0 aliphatic carbocycles. The topological polar surface area (TPSA) is 49.8 Å². The molecule has 4 heteroatoms. The third-order valence-electron chi connectivity index (χ3n) is 4.41. The summed E-state index contributed by atoms with van der Waals surface area (Å²) in [6.45, 7) is 4.56. The standard InChI is InChI=1S/C20H25NO3/c1-15(18-12-8-5-9-13-18)21(14-17-10-6-4-7-11-17)16(2)19(22)20(23)24-3/h4-13,15-16,19,22H,14H2,1-3H3/t15-,16-,19-/m1/s1. The summed E-state index contributed by atoms with van der Waals surface area (Å²) in [5.74, 6) is -0.610. The molecule has 0 spiro atoms. The molecule has 0 aliphatic heterocycles. The van der Waals surface area contributed by atoms with Crippen LogP contribution >= 0.6 is 0 Å². The number of carbonyl (C=O) groups excluding carboxylic acids is 1. The lowest BCUT2D eigenvalue weighted by Gasteiger charge is -2.36. The Hall–Kier alpha value is -2.17. The summed E-state index contributed by atoms with van der Waals surface area (Å²) in [6.07, 6.45) is -1.19. The molecule has 0 bridgehead atoms. The van der Waals surface area contributed by atoms with Crippen LogP contribution < -0.4 is 0 Å². The van der Waals surface area contributed by atoms with E-state index in [9.17, 15) is 9.90 Å². The predicted octanol–water partition coefficient (Wildman–Crippen LogP) is 3.17.